The van der Waals surface area contributed by atoms with E-state index in [1.807, 2.05) is 0 Å². The van der Waals surface area contributed by atoms with E-state index in [-0.39, 0.29) is 31.3 Å². The van der Waals surface area contributed by atoms with Crippen molar-refractivity contribution in [1.82, 2.24) is 9.88 Å². The fourth-order valence-corrected chi connectivity index (χ4v) is 6.74. The van der Waals surface area contributed by atoms with Gasteiger partial charge in [0.05, 0.1) is 5.69 Å². The van der Waals surface area contributed by atoms with Gasteiger partial charge in [-0.25, -0.2) is 26.3 Å². The van der Waals surface area contributed by atoms with Gasteiger partial charge in [0.2, 0.25) is 10.0 Å². The molecule has 178 valence electrons. The minimum absolute atomic E-state index is 0.00581. The molecular weight excluding hydrogens is 512 g/mol. The molecule has 0 fully saturated rings. The lowest BCUT2D eigenvalue weighted by atomic mass is 10.1. The van der Waals surface area contributed by atoms with E-state index in [0.717, 1.165) is 11.3 Å². The van der Waals surface area contributed by atoms with E-state index in [4.69, 9.17) is 16.1 Å². The first-order chi connectivity index (χ1) is 15.3. The van der Waals surface area contributed by atoms with Crippen LogP contribution in [0.5, 0.6) is 0 Å². The SMILES string of the molecule is CNS(=O)(=O)c1cc(C)cc(C)c1NC(=O)c1sc(C)cc1S(=O)(=O)Nc1onc(C)c1Cl. The predicted octanol–water partition coefficient (Wildman–Crippen LogP) is 3.58. The molecule has 1 aromatic carbocycles. The largest absolute Gasteiger partial charge is 0.336 e. The zero-order chi connectivity index (χ0) is 24.7. The van der Waals surface area contributed by atoms with Crippen LogP contribution in [0.2, 0.25) is 5.02 Å². The number of aryl methyl sites for hydroxylation is 4. The number of sulfonamides is 2. The Hall–Kier alpha value is -2.45. The summed E-state index contributed by atoms with van der Waals surface area (Å²) in [4.78, 5) is 13.1. The summed E-state index contributed by atoms with van der Waals surface area (Å²) >= 11 is 6.94. The Morgan fingerprint density at radius 3 is 2.27 bits per heavy atom. The molecule has 0 unspecified atom stereocenters. The number of benzene rings is 1. The molecule has 0 aliphatic rings. The van der Waals surface area contributed by atoms with Crippen LogP contribution in [0.3, 0.4) is 0 Å². The Labute approximate surface area is 200 Å². The van der Waals surface area contributed by atoms with Gasteiger partial charge in [-0.15, -0.1) is 11.3 Å². The number of rotatable bonds is 7. The fraction of sp³-hybridized carbons (Fsp3) is 0.263. The molecule has 10 nitrogen and oxygen atoms in total. The number of halogens is 1. The summed E-state index contributed by atoms with van der Waals surface area (Å²) in [5.74, 6) is -1.06. The van der Waals surface area contributed by atoms with Gasteiger partial charge in [0.25, 0.3) is 21.8 Å². The number of hydrogen-bond acceptors (Lipinski definition) is 8. The quantitative estimate of drug-likeness (QED) is 0.421. The van der Waals surface area contributed by atoms with Crippen LogP contribution in [0.15, 0.2) is 32.5 Å². The molecule has 33 heavy (non-hydrogen) atoms. The van der Waals surface area contributed by atoms with Gasteiger partial charge in [-0.05, 0) is 58.0 Å². The van der Waals surface area contributed by atoms with Gasteiger partial charge in [0, 0.05) is 4.88 Å². The fourth-order valence-electron chi connectivity index (χ4n) is 3.03. The maximum Gasteiger partial charge on any atom is 0.267 e. The lowest BCUT2D eigenvalue weighted by Gasteiger charge is -2.15. The highest BCUT2D eigenvalue weighted by atomic mass is 35.5. The van der Waals surface area contributed by atoms with Crippen LogP contribution in [0, 0.1) is 27.7 Å². The van der Waals surface area contributed by atoms with Gasteiger partial charge in [0.1, 0.15) is 25.4 Å². The highest BCUT2D eigenvalue weighted by molar-refractivity contribution is 7.93. The number of anilines is 2. The Bertz CT molecular complexity index is 1460. The summed E-state index contributed by atoms with van der Waals surface area (Å²) in [6, 6.07) is 4.45. The number of nitrogens with one attached hydrogen (secondary N) is 3. The summed E-state index contributed by atoms with van der Waals surface area (Å²) in [6.45, 7) is 6.55. The van der Waals surface area contributed by atoms with Crippen molar-refractivity contribution in [1.29, 1.82) is 0 Å². The van der Waals surface area contributed by atoms with Crippen molar-refractivity contribution < 1.29 is 26.2 Å². The van der Waals surface area contributed by atoms with Crippen LogP contribution >= 0.6 is 22.9 Å². The van der Waals surface area contributed by atoms with Crippen molar-refractivity contribution in [2.24, 2.45) is 0 Å². The minimum Gasteiger partial charge on any atom is -0.336 e. The van der Waals surface area contributed by atoms with Crippen LogP contribution in [0.4, 0.5) is 11.6 Å². The van der Waals surface area contributed by atoms with Crippen molar-refractivity contribution >= 4 is 60.5 Å². The van der Waals surface area contributed by atoms with E-state index < -0.39 is 26.0 Å². The first-order valence-corrected chi connectivity index (χ1v) is 13.5. The van der Waals surface area contributed by atoms with Crippen molar-refractivity contribution in [2.45, 2.75) is 37.5 Å². The third-order valence-corrected chi connectivity index (χ3v) is 8.99. The third-order valence-electron chi connectivity index (χ3n) is 4.58. The Morgan fingerprint density at radius 1 is 1.03 bits per heavy atom. The lowest BCUT2D eigenvalue weighted by molar-refractivity contribution is 0.102. The zero-order valence-corrected chi connectivity index (χ0v) is 21.4. The average molecular weight is 533 g/mol. The van der Waals surface area contributed by atoms with Gasteiger partial charge in [0.15, 0.2) is 0 Å². The lowest BCUT2D eigenvalue weighted by Crippen LogP contribution is -2.23. The van der Waals surface area contributed by atoms with Crippen LogP contribution in [0.1, 0.15) is 31.4 Å². The number of thiophene rings is 1. The predicted molar refractivity (Wildman–Crippen MR) is 126 cm³/mol. The van der Waals surface area contributed by atoms with Crippen molar-refractivity contribution in [3.05, 3.63) is 49.8 Å². The Kier molecular flexibility index (Phi) is 6.92. The average Bonchev–Trinajstić information content (AvgIpc) is 3.27. The highest BCUT2D eigenvalue weighted by Gasteiger charge is 2.29. The molecule has 0 radical (unpaired) electrons. The second kappa shape index (κ2) is 9.06. The number of nitrogens with zero attached hydrogens (tertiary/aromatic N) is 1. The molecule has 1 amide bonds. The van der Waals surface area contributed by atoms with Crippen LogP contribution in [-0.4, -0.2) is 34.9 Å². The van der Waals surface area contributed by atoms with Gasteiger partial charge < -0.3 is 9.84 Å². The number of hydrogen-bond donors (Lipinski definition) is 3. The van der Waals surface area contributed by atoms with Gasteiger partial charge >= 0.3 is 0 Å². The molecule has 0 aliphatic carbocycles. The van der Waals surface area contributed by atoms with E-state index in [1.54, 1.807) is 26.8 Å². The number of carbonyl (C=O) groups is 1. The summed E-state index contributed by atoms with van der Waals surface area (Å²) in [6.07, 6.45) is 0. The third kappa shape index (κ3) is 5.06. The van der Waals surface area contributed by atoms with Gasteiger partial charge in [-0.1, -0.05) is 22.8 Å². The molecule has 3 rings (SSSR count). The van der Waals surface area contributed by atoms with E-state index in [9.17, 15) is 21.6 Å². The smallest absolute Gasteiger partial charge is 0.267 e. The zero-order valence-electron chi connectivity index (χ0n) is 18.2. The number of amides is 1. The summed E-state index contributed by atoms with van der Waals surface area (Å²) in [7, 11) is -6.93. The molecule has 14 heteroatoms. The molecule has 0 spiro atoms. The summed E-state index contributed by atoms with van der Waals surface area (Å²) in [5.41, 5.74) is 1.52. The Morgan fingerprint density at radius 2 is 1.70 bits per heavy atom. The Balaban J connectivity index is 2.04. The number of aromatic nitrogens is 1. The van der Waals surface area contributed by atoms with E-state index >= 15 is 0 Å². The molecule has 0 aliphatic heterocycles. The second-order valence-electron chi connectivity index (χ2n) is 7.18. The van der Waals surface area contributed by atoms with E-state index in [2.05, 4.69) is 19.9 Å². The first-order valence-electron chi connectivity index (χ1n) is 9.38. The molecule has 3 N–H and O–H groups in total. The van der Waals surface area contributed by atoms with Crippen molar-refractivity contribution in [2.75, 3.05) is 17.1 Å². The van der Waals surface area contributed by atoms with Crippen molar-refractivity contribution in [3.63, 3.8) is 0 Å². The van der Waals surface area contributed by atoms with Gasteiger partial charge in [-0.2, -0.15) is 0 Å². The minimum atomic E-state index is -4.28. The van der Waals surface area contributed by atoms with Crippen LogP contribution in [0.25, 0.3) is 0 Å². The number of carbonyl (C=O) groups excluding carboxylic acids is 1. The summed E-state index contributed by atoms with van der Waals surface area (Å²) in [5, 5.41) is 6.16. The monoisotopic (exact) mass is 532 g/mol. The molecule has 2 heterocycles. The van der Waals surface area contributed by atoms with Gasteiger partial charge in [-0.3, -0.25) is 4.79 Å². The van der Waals surface area contributed by atoms with Crippen LogP contribution < -0.4 is 14.8 Å². The molecule has 0 atom stereocenters. The first kappa shape index (κ1) is 25.2. The van der Waals surface area contributed by atoms with E-state index in [0.29, 0.717) is 21.7 Å². The van der Waals surface area contributed by atoms with Crippen molar-refractivity contribution in [3.8, 4) is 0 Å². The standard InChI is InChI=1S/C19H21ClN4O6S3/c1-9-6-10(2)16(13(7-9)32(26,27)21-5)22-18(25)17-14(8-11(3)31-17)33(28,29)24-19-15(20)12(4)23-30-19/h6-8,21,24H,1-5H3,(H,22,25). The van der Waals surface area contributed by atoms with E-state index in [1.165, 1.54) is 26.1 Å². The summed E-state index contributed by atoms with van der Waals surface area (Å²) < 4.78 is 60.4. The molecular formula is C19H21ClN4O6S3. The highest BCUT2D eigenvalue weighted by Crippen LogP contribution is 2.33. The topological polar surface area (TPSA) is 147 Å². The molecule has 2 aromatic heterocycles. The molecule has 0 saturated carbocycles. The van der Waals surface area contributed by atoms with Crippen LogP contribution in [-0.2, 0) is 20.0 Å². The second-order valence-corrected chi connectivity index (χ2v) is 12.3. The molecule has 0 saturated heterocycles. The maximum atomic E-state index is 13.2. The normalized spacial score (nSPS) is 12.1. The maximum absolute atomic E-state index is 13.2. The molecule has 0 bridgehead atoms. The molecule has 3 aromatic rings.